The third-order valence-electron chi connectivity index (χ3n) is 3.82. The van der Waals surface area contributed by atoms with E-state index in [1.807, 2.05) is 55.5 Å². The lowest BCUT2D eigenvalue weighted by Gasteiger charge is -2.08. The molecule has 0 atom stereocenters. The zero-order valence-corrected chi connectivity index (χ0v) is 17.0. The monoisotopic (exact) mass is 409 g/mol. The lowest BCUT2D eigenvalue weighted by molar-refractivity contribution is 0.0951. The molecule has 142 valence electrons. The van der Waals surface area contributed by atoms with Crippen molar-refractivity contribution >= 4 is 29.0 Å². The number of nitrogens with one attached hydrogen (secondary N) is 1. The minimum atomic E-state index is -0.130. The van der Waals surface area contributed by atoms with Gasteiger partial charge in [-0.3, -0.25) is 4.79 Å². The van der Waals surface area contributed by atoms with Crippen LogP contribution in [-0.4, -0.2) is 17.5 Å². The number of aromatic nitrogens is 1. The summed E-state index contributed by atoms with van der Waals surface area (Å²) in [6.07, 6.45) is 0. The van der Waals surface area contributed by atoms with E-state index in [9.17, 15) is 4.79 Å². The molecule has 0 aliphatic carbocycles. The van der Waals surface area contributed by atoms with Crippen molar-refractivity contribution in [3.63, 3.8) is 0 Å². The van der Waals surface area contributed by atoms with Crippen LogP contribution in [0.3, 0.4) is 0 Å². The molecule has 1 heterocycles. The lowest BCUT2D eigenvalue weighted by atomic mass is 10.2. The van der Waals surface area contributed by atoms with Gasteiger partial charge < -0.3 is 10.1 Å². The topological polar surface area (TPSA) is 75.0 Å². The Morgan fingerprint density at radius 2 is 2.11 bits per heavy atom. The Bertz CT molecular complexity index is 978. The molecule has 0 spiro atoms. The first-order valence-corrected chi connectivity index (χ1v) is 10.5. The summed E-state index contributed by atoms with van der Waals surface area (Å²) in [6.45, 7) is 2.40. The molecule has 0 saturated carbocycles. The molecule has 0 radical (unpaired) electrons. The van der Waals surface area contributed by atoms with E-state index in [1.165, 1.54) is 0 Å². The molecule has 3 aromatic rings. The molecule has 0 aliphatic heterocycles. The van der Waals surface area contributed by atoms with Crippen molar-refractivity contribution in [2.45, 2.75) is 24.1 Å². The first-order valence-electron chi connectivity index (χ1n) is 8.65. The summed E-state index contributed by atoms with van der Waals surface area (Å²) in [5.41, 5.74) is 2.61. The van der Waals surface area contributed by atoms with Gasteiger partial charge in [-0.1, -0.05) is 12.1 Å². The number of nitrogens with zero attached hydrogens (tertiary/aromatic N) is 2. The first-order chi connectivity index (χ1) is 13.6. The summed E-state index contributed by atoms with van der Waals surface area (Å²) in [4.78, 5) is 17.9. The highest BCUT2D eigenvalue weighted by molar-refractivity contribution is 7.98. The lowest BCUT2D eigenvalue weighted by Crippen LogP contribution is -2.22. The summed E-state index contributed by atoms with van der Waals surface area (Å²) < 4.78 is 5.28. The molecule has 0 saturated heterocycles. The summed E-state index contributed by atoms with van der Waals surface area (Å²) in [5.74, 6) is 1.31. The Kier molecular flexibility index (Phi) is 7.06. The normalized spacial score (nSPS) is 10.3. The Morgan fingerprint density at radius 3 is 2.82 bits per heavy atom. The molecule has 0 bridgehead atoms. The quantitative estimate of drug-likeness (QED) is 0.551. The Hall–Kier alpha value is -2.82. The molecule has 0 unspecified atom stereocenters. The van der Waals surface area contributed by atoms with Gasteiger partial charge in [0.2, 0.25) is 0 Å². The largest absolute Gasteiger partial charge is 0.479 e. The highest BCUT2D eigenvalue weighted by Crippen LogP contribution is 2.24. The van der Waals surface area contributed by atoms with Crippen LogP contribution >= 0.6 is 23.1 Å². The van der Waals surface area contributed by atoms with E-state index in [1.54, 1.807) is 29.2 Å². The average Bonchev–Trinajstić information content (AvgIpc) is 3.15. The van der Waals surface area contributed by atoms with Crippen LogP contribution in [0.15, 0.2) is 58.8 Å². The third kappa shape index (κ3) is 5.84. The number of thioether (sulfide) groups is 1. The fourth-order valence-electron chi connectivity index (χ4n) is 2.48. The van der Waals surface area contributed by atoms with Gasteiger partial charge in [0.1, 0.15) is 11.8 Å². The molecule has 0 aliphatic rings. The number of benzene rings is 2. The summed E-state index contributed by atoms with van der Waals surface area (Å²) in [5, 5.41) is 14.6. The van der Waals surface area contributed by atoms with E-state index in [-0.39, 0.29) is 12.5 Å². The number of rotatable bonds is 8. The Balaban J connectivity index is 1.51. The maximum Gasteiger partial charge on any atom is 0.251 e. The summed E-state index contributed by atoms with van der Waals surface area (Å²) >= 11 is 3.36. The van der Waals surface area contributed by atoms with Crippen LogP contribution in [0.2, 0.25) is 0 Å². The van der Waals surface area contributed by atoms with Gasteiger partial charge in [0.15, 0.2) is 6.61 Å². The predicted octanol–water partition coefficient (Wildman–Crippen LogP) is 4.58. The second-order valence-electron chi connectivity index (χ2n) is 5.95. The number of ether oxygens (including phenoxy) is 1. The summed E-state index contributed by atoms with van der Waals surface area (Å²) in [6, 6.07) is 16.8. The van der Waals surface area contributed by atoms with Gasteiger partial charge in [0, 0.05) is 28.1 Å². The Labute approximate surface area is 172 Å². The number of amides is 1. The smallest absolute Gasteiger partial charge is 0.251 e. The maximum atomic E-state index is 12.4. The van der Waals surface area contributed by atoms with Crippen LogP contribution in [0.5, 0.6) is 5.75 Å². The number of carbonyl (C=O) groups excluding carboxylic acids is 1. The summed E-state index contributed by atoms with van der Waals surface area (Å²) in [7, 11) is 0. The van der Waals surface area contributed by atoms with Gasteiger partial charge >= 0.3 is 0 Å². The molecular weight excluding hydrogens is 390 g/mol. The molecule has 2 aromatic carbocycles. The van der Waals surface area contributed by atoms with Gasteiger partial charge in [0.25, 0.3) is 5.91 Å². The number of carbonyl (C=O) groups is 1. The van der Waals surface area contributed by atoms with E-state index >= 15 is 0 Å². The van der Waals surface area contributed by atoms with Crippen molar-refractivity contribution in [2.75, 3.05) is 6.61 Å². The highest BCUT2D eigenvalue weighted by Gasteiger charge is 2.07. The second kappa shape index (κ2) is 9.93. The van der Waals surface area contributed by atoms with Crippen molar-refractivity contribution < 1.29 is 9.53 Å². The van der Waals surface area contributed by atoms with Gasteiger partial charge in [-0.25, -0.2) is 4.98 Å². The highest BCUT2D eigenvalue weighted by atomic mass is 32.2. The molecule has 7 heteroatoms. The zero-order chi connectivity index (χ0) is 19.8. The molecule has 3 rings (SSSR count). The van der Waals surface area contributed by atoms with Gasteiger partial charge in [0.05, 0.1) is 10.7 Å². The van der Waals surface area contributed by atoms with Gasteiger partial charge in [-0.05, 0) is 48.9 Å². The maximum absolute atomic E-state index is 12.4. The molecule has 1 amide bonds. The van der Waals surface area contributed by atoms with Crippen molar-refractivity contribution in [2.24, 2.45) is 0 Å². The van der Waals surface area contributed by atoms with Crippen molar-refractivity contribution in [1.29, 1.82) is 5.26 Å². The van der Waals surface area contributed by atoms with Crippen LogP contribution < -0.4 is 10.1 Å². The Morgan fingerprint density at radius 1 is 1.29 bits per heavy atom. The van der Waals surface area contributed by atoms with E-state index in [0.29, 0.717) is 17.9 Å². The standard InChI is InChI=1S/C21H19N3O2S2/c1-15-24-18(13-27-15)14-28-20-7-5-17(6-8-20)21(25)23-12-16-3-2-4-19(11-16)26-10-9-22/h2-8,11,13H,10,12,14H2,1H3,(H,23,25). The first kappa shape index (κ1) is 19.9. The van der Waals surface area contributed by atoms with Crippen LogP contribution in [0, 0.1) is 18.3 Å². The minimum Gasteiger partial charge on any atom is -0.479 e. The van der Waals surface area contributed by atoms with Crippen molar-refractivity contribution in [3.05, 3.63) is 75.7 Å². The fraction of sp³-hybridized carbons (Fsp3) is 0.190. The van der Waals surface area contributed by atoms with E-state index in [0.717, 1.165) is 26.9 Å². The van der Waals surface area contributed by atoms with E-state index in [4.69, 9.17) is 10.00 Å². The number of hydrogen-bond acceptors (Lipinski definition) is 6. The molecule has 28 heavy (non-hydrogen) atoms. The SMILES string of the molecule is Cc1nc(CSc2ccc(C(=O)NCc3cccc(OCC#N)c3)cc2)cs1. The molecular formula is C21H19N3O2S2. The van der Waals surface area contributed by atoms with Crippen LogP contribution in [-0.2, 0) is 12.3 Å². The number of hydrogen-bond donors (Lipinski definition) is 1. The number of nitriles is 1. The van der Waals surface area contributed by atoms with E-state index in [2.05, 4.69) is 15.7 Å². The average molecular weight is 410 g/mol. The van der Waals surface area contributed by atoms with Gasteiger partial charge in [-0.15, -0.1) is 23.1 Å². The van der Waals surface area contributed by atoms with Crippen molar-refractivity contribution in [1.82, 2.24) is 10.3 Å². The molecule has 1 aromatic heterocycles. The van der Waals surface area contributed by atoms with Crippen LogP contribution in [0.1, 0.15) is 26.6 Å². The molecule has 0 fully saturated rings. The number of thiazole rings is 1. The minimum absolute atomic E-state index is 0.00223. The van der Waals surface area contributed by atoms with E-state index < -0.39 is 0 Å². The molecule has 5 nitrogen and oxygen atoms in total. The number of aryl methyl sites for hydroxylation is 1. The van der Waals surface area contributed by atoms with Crippen LogP contribution in [0.25, 0.3) is 0 Å². The molecule has 1 N–H and O–H groups in total. The predicted molar refractivity (Wildman–Crippen MR) is 112 cm³/mol. The fourth-order valence-corrected chi connectivity index (χ4v) is 3.99. The van der Waals surface area contributed by atoms with Crippen LogP contribution in [0.4, 0.5) is 0 Å². The van der Waals surface area contributed by atoms with Crippen molar-refractivity contribution in [3.8, 4) is 11.8 Å². The zero-order valence-electron chi connectivity index (χ0n) is 15.3. The second-order valence-corrected chi connectivity index (χ2v) is 8.06. The van der Waals surface area contributed by atoms with Gasteiger partial charge in [-0.2, -0.15) is 5.26 Å². The third-order valence-corrected chi connectivity index (χ3v) is 5.69.